The van der Waals surface area contributed by atoms with E-state index < -0.39 is 11.9 Å². The van der Waals surface area contributed by atoms with Crippen LogP contribution in [-0.4, -0.2) is 52.6 Å². The molecular weight excluding hydrogens is 593 g/mol. The summed E-state index contributed by atoms with van der Waals surface area (Å²) in [6.07, 6.45) is 1.78. The first-order chi connectivity index (χ1) is 22.1. The van der Waals surface area contributed by atoms with Crippen LogP contribution >= 0.6 is 0 Å². The molecule has 2 heterocycles. The topological polar surface area (TPSA) is 102 Å². The summed E-state index contributed by atoms with van der Waals surface area (Å²) in [6.45, 7) is 9.87. The van der Waals surface area contributed by atoms with Crippen LogP contribution in [0, 0.1) is 0 Å². The third-order valence-electron chi connectivity index (χ3n) is 7.25. The van der Waals surface area contributed by atoms with Gasteiger partial charge in [-0.3, -0.25) is 9.98 Å². The maximum atomic E-state index is 12.8. The molecule has 9 nitrogen and oxygen atoms in total. The molecule has 0 saturated heterocycles. The summed E-state index contributed by atoms with van der Waals surface area (Å²) < 4.78 is 45.5. The lowest BCUT2D eigenvalue weighted by molar-refractivity contribution is -0.140. The van der Waals surface area contributed by atoms with Crippen molar-refractivity contribution >= 4 is 18.9 Å². The first kappa shape index (κ1) is 34.2. The second-order valence-corrected chi connectivity index (χ2v) is 11.1. The Morgan fingerprint density at radius 1 is 1.09 bits per heavy atom. The van der Waals surface area contributed by atoms with Crippen molar-refractivity contribution in [1.29, 1.82) is 0 Å². The van der Waals surface area contributed by atoms with Gasteiger partial charge in [0.1, 0.15) is 24.1 Å². The van der Waals surface area contributed by atoms with Crippen LogP contribution in [0.25, 0.3) is 11.4 Å². The lowest BCUT2D eigenvalue weighted by Crippen LogP contribution is -2.10. The molecule has 2 aromatic heterocycles. The molecule has 4 aromatic rings. The van der Waals surface area contributed by atoms with E-state index in [9.17, 15) is 13.2 Å². The number of halogens is 3. The Labute approximate surface area is 267 Å². The number of aromatic nitrogens is 4. The van der Waals surface area contributed by atoms with E-state index in [0.717, 1.165) is 41.4 Å². The summed E-state index contributed by atoms with van der Waals surface area (Å²) in [7, 11) is 3.44. The van der Waals surface area contributed by atoms with Gasteiger partial charge in [-0.05, 0) is 58.5 Å². The highest BCUT2D eigenvalue weighted by molar-refractivity contribution is 6.05. The van der Waals surface area contributed by atoms with Crippen LogP contribution < -0.4 is 10.1 Å². The monoisotopic (exact) mass is 632 g/mol. The SMILES string of the molecule is C=NC=NC(=NC(C)c1ccccc1)c1c(OC)ncnc1C1CC1.CNCc1ccc(-c2nc(C(F)(F)F)cn2C(C)C)cc1. The molecule has 2 aromatic carbocycles. The maximum Gasteiger partial charge on any atom is 0.434 e. The van der Waals surface area contributed by atoms with Gasteiger partial charge in [0.25, 0.3) is 0 Å². The molecule has 12 heteroatoms. The molecule has 5 rings (SSSR count). The number of methoxy groups -OCH3 is 1. The Kier molecular flexibility index (Phi) is 11.5. The van der Waals surface area contributed by atoms with Gasteiger partial charge in [0, 0.05) is 30.3 Å². The zero-order valence-electron chi connectivity index (χ0n) is 26.7. The molecule has 0 radical (unpaired) electrons. The van der Waals surface area contributed by atoms with Gasteiger partial charge in [-0.25, -0.2) is 19.9 Å². The molecule has 1 unspecified atom stereocenters. The smallest absolute Gasteiger partial charge is 0.434 e. The molecule has 1 aliphatic carbocycles. The minimum atomic E-state index is -4.43. The number of benzene rings is 2. The lowest BCUT2D eigenvalue weighted by Gasteiger charge is -2.13. The first-order valence-corrected chi connectivity index (χ1v) is 15.0. The van der Waals surface area contributed by atoms with Crippen molar-refractivity contribution in [3.05, 3.63) is 95.2 Å². The number of hydrogen-bond acceptors (Lipinski definition) is 6. The average molecular weight is 633 g/mol. The van der Waals surface area contributed by atoms with E-state index in [4.69, 9.17) is 9.73 Å². The van der Waals surface area contributed by atoms with E-state index in [-0.39, 0.29) is 12.1 Å². The maximum absolute atomic E-state index is 12.8. The third-order valence-corrected chi connectivity index (χ3v) is 7.25. The van der Waals surface area contributed by atoms with Gasteiger partial charge < -0.3 is 14.6 Å². The number of nitrogens with one attached hydrogen (secondary N) is 1. The van der Waals surface area contributed by atoms with Crippen LogP contribution in [0.2, 0.25) is 0 Å². The first-order valence-electron chi connectivity index (χ1n) is 15.0. The highest BCUT2D eigenvalue weighted by atomic mass is 19.4. The molecule has 0 spiro atoms. The fourth-order valence-corrected chi connectivity index (χ4v) is 4.77. The minimum absolute atomic E-state index is 0.0740. The van der Waals surface area contributed by atoms with E-state index in [2.05, 4.69) is 37.0 Å². The van der Waals surface area contributed by atoms with Crippen molar-refractivity contribution in [3.63, 3.8) is 0 Å². The molecule has 1 aliphatic rings. The Bertz CT molecular complexity index is 1640. The van der Waals surface area contributed by atoms with E-state index in [0.29, 0.717) is 35.6 Å². The second-order valence-electron chi connectivity index (χ2n) is 11.1. The highest BCUT2D eigenvalue weighted by Gasteiger charge is 2.35. The quantitative estimate of drug-likeness (QED) is 0.144. The average Bonchev–Trinajstić information content (AvgIpc) is 3.79. The van der Waals surface area contributed by atoms with Gasteiger partial charge in [0.2, 0.25) is 5.88 Å². The van der Waals surface area contributed by atoms with Gasteiger partial charge >= 0.3 is 6.18 Å². The van der Waals surface area contributed by atoms with Gasteiger partial charge in [0.05, 0.1) is 18.8 Å². The normalized spacial score (nSPS) is 14.2. The van der Waals surface area contributed by atoms with Crippen LogP contribution in [0.1, 0.15) is 79.7 Å². The summed E-state index contributed by atoms with van der Waals surface area (Å²) in [5, 5.41) is 3.03. The number of alkyl halides is 3. The number of amidine groups is 1. The molecule has 1 N–H and O–H groups in total. The summed E-state index contributed by atoms with van der Waals surface area (Å²) in [4.78, 5) is 25.4. The summed E-state index contributed by atoms with van der Waals surface area (Å²) >= 11 is 0. The van der Waals surface area contributed by atoms with Crippen LogP contribution in [0.15, 0.2) is 82.1 Å². The van der Waals surface area contributed by atoms with Gasteiger partial charge in [-0.2, -0.15) is 13.2 Å². The number of rotatable bonds is 10. The van der Waals surface area contributed by atoms with E-state index in [1.54, 1.807) is 23.8 Å². The molecule has 0 amide bonds. The second kappa shape index (κ2) is 15.5. The zero-order chi connectivity index (χ0) is 33.3. The van der Waals surface area contributed by atoms with E-state index in [1.807, 2.05) is 70.3 Å². The molecule has 1 fully saturated rings. The largest absolute Gasteiger partial charge is 0.480 e. The van der Waals surface area contributed by atoms with Crippen LogP contribution in [-0.2, 0) is 12.7 Å². The predicted molar refractivity (Wildman–Crippen MR) is 176 cm³/mol. The van der Waals surface area contributed by atoms with Gasteiger partial charge in [0.15, 0.2) is 11.5 Å². The Morgan fingerprint density at radius 2 is 1.78 bits per heavy atom. The number of aliphatic imine (C=N–C) groups is 3. The summed E-state index contributed by atoms with van der Waals surface area (Å²) in [5.41, 5.74) is 3.68. The molecule has 0 aliphatic heterocycles. The molecule has 1 saturated carbocycles. The predicted octanol–water partition coefficient (Wildman–Crippen LogP) is 7.47. The van der Waals surface area contributed by atoms with Gasteiger partial charge in [-0.1, -0.05) is 54.6 Å². The minimum Gasteiger partial charge on any atom is -0.480 e. The Hall–Kier alpha value is -4.71. The number of imidazole rings is 1. The van der Waals surface area contributed by atoms with Crippen molar-refractivity contribution in [2.24, 2.45) is 15.0 Å². The molecule has 46 heavy (non-hydrogen) atoms. The van der Waals surface area contributed by atoms with Crippen molar-refractivity contribution in [1.82, 2.24) is 24.8 Å². The zero-order valence-corrected chi connectivity index (χ0v) is 26.7. The molecule has 0 bridgehead atoms. The van der Waals surface area contributed by atoms with E-state index >= 15 is 0 Å². The van der Waals surface area contributed by atoms with Crippen molar-refractivity contribution in [2.75, 3.05) is 14.2 Å². The van der Waals surface area contributed by atoms with Crippen LogP contribution in [0.3, 0.4) is 0 Å². The van der Waals surface area contributed by atoms with Crippen molar-refractivity contribution < 1.29 is 17.9 Å². The van der Waals surface area contributed by atoms with Crippen LogP contribution in [0.5, 0.6) is 5.88 Å². The highest BCUT2D eigenvalue weighted by Crippen LogP contribution is 2.42. The third kappa shape index (κ3) is 8.72. The van der Waals surface area contributed by atoms with E-state index in [1.165, 1.54) is 12.7 Å². The summed E-state index contributed by atoms with van der Waals surface area (Å²) in [5.74, 6) is 1.75. The lowest BCUT2D eigenvalue weighted by atomic mass is 10.1. The number of hydrogen-bond donors (Lipinski definition) is 1. The standard InChI is InChI=1S/C19H21N5O.C15H18F3N3/c1-13(14-7-5-4-6-8-14)24-18(22-11-20-2)16-17(15-9-10-15)21-12-23-19(16)25-3;1-10(2)21-9-13(15(16,17)18)20-14(21)12-6-4-11(5-7-12)8-19-3/h4-8,11-13,15H,2,9-10H2,1,3H3;4-7,9-10,19H,8H2,1-3H3. The van der Waals surface area contributed by atoms with Gasteiger partial charge in [-0.15, -0.1) is 0 Å². The van der Waals surface area contributed by atoms with Crippen molar-refractivity contribution in [3.8, 4) is 17.3 Å². The Morgan fingerprint density at radius 3 is 2.35 bits per heavy atom. The van der Waals surface area contributed by atoms with Crippen molar-refractivity contribution in [2.45, 2.75) is 64.3 Å². The molecular formula is C34H39F3N8O. The fraction of sp³-hybridized carbons (Fsp3) is 0.353. The number of ether oxygens (including phenoxy) is 1. The molecule has 1 atom stereocenters. The Balaban J connectivity index is 0.000000212. The summed E-state index contributed by atoms with van der Waals surface area (Å²) in [6, 6.07) is 17.3. The fourth-order valence-electron chi connectivity index (χ4n) is 4.77. The number of nitrogens with zero attached hydrogens (tertiary/aromatic N) is 7. The van der Waals surface area contributed by atoms with Crippen LogP contribution in [0.4, 0.5) is 13.2 Å². The molecule has 242 valence electrons.